The van der Waals surface area contributed by atoms with Gasteiger partial charge in [-0.15, -0.1) is 0 Å². The van der Waals surface area contributed by atoms with Crippen LogP contribution in [0.25, 0.3) is 11.0 Å². The zero-order valence-corrected chi connectivity index (χ0v) is 17.6. The molecule has 0 saturated heterocycles. The Morgan fingerprint density at radius 1 is 1.12 bits per heavy atom. The number of aliphatic hydroxyl groups is 1. The molecule has 0 radical (unpaired) electrons. The van der Waals surface area contributed by atoms with Crippen molar-refractivity contribution < 1.29 is 23.8 Å². The summed E-state index contributed by atoms with van der Waals surface area (Å²) in [6.07, 6.45) is 4.81. The highest BCUT2D eigenvalue weighted by Gasteiger charge is 2.45. The van der Waals surface area contributed by atoms with Gasteiger partial charge in [0.15, 0.2) is 22.9 Å². The van der Waals surface area contributed by atoms with E-state index in [1.165, 1.54) is 12.0 Å². The predicted molar refractivity (Wildman–Crippen MR) is 119 cm³/mol. The number of rotatable bonds is 6. The Kier molecular flexibility index (Phi) is 5.10. The molecule has 5 rings (SSSR count). The largest absolute Gasteiger partial charge is 0.503 e. The lowest BCUT2D eigenvalue weighted by atomic mass is 9.98. The average molecular weight is 441 g/mol. The molecule has 0 saturated carbocycles. The van der Waals surface area contributed by atoms with E-state index in [2.05, 4.69) is 9.97 Å². The molecule has 4 aromatic rings. The van der Waals surface area contributed by atoms with E-state index >= 15 is 0 Å². The van der Waals surface area contributed by atoms with E-state index in [0.717, 1.165) is 5.56 Å². The second-order valence-corrected chi connectivity index (χ2v) is 7.53. The van der Waals surface area contributed by atoms with Crippen LogP contribution >= 0.6 is 0 Å². The van der Waals surface area contributed by atoms with Crippen LogP contribution in [0.5, 0.6) is 5.75 Å². The number of ketones is 1. The maximum absolute atomic E-state index is 13.6. The monoisotopic (exact) mass is 441 g/mol. The average Bonchev–Trinajstić information content (AvgIpc) is 3.40. The van der Waals surface area contributed by atoms with Crippen molar-refractivity contribution in [1.82, 2.24) is 14.9 Å². The van der Waals surface area contributed by atoms with Crippen molar-refractivity contribution in [3.05, 3.63) is 102 Å². The lowest BCUT2D eigenvalue weighted by Crippen LogP contribution is -2.31. The van der Waals surface area contributed by atoms with E-state index in [1.54, 1.807) is 73.2 Å². The number of nitrogens with zero attached hydrogens (tertiary/aromatic N) is 3. The number of amides is 1. The summed E-state index contributed by atoms with van der Waals surface area (Å²) >= 11 is 0. The van der Waals surface area contributed by atoms with Gasteiger partial charge in [0.2, 0.25) is 5.78 Å². The Labute approximate surface area is 188 Å². The molecular formula is C25H19N3O5. The number of furan rings is 1. The molecule has 0 bridgehead atoms. The number of hydrogen-bond donors (Lipinski definition) is 1. The molecule has 1 aliphatic heterocycles. The minimum absolute atomic E-state index is 0.00413. The fraction of sp³-hybridized carbons (Fsp3) is 0.120. The van der Waals surface area contributed by atoms with Crippen LogP contribution < -0.4 is 4.74 Å². The minimum Gasteiger partial charge on any atom is -0.503 e. The van der Waals surface area contributed by atoms with Gasteiger partial charge >= 0.3 is 0 Å². The molecule has 1 amide bonds. The van der Waals surface area contributed by atoms with Gasteiger partial charge in [0.05, 0.1) is 18.4 Å². The van der Waals surface area contributed by atoms with Gasteiger partial charge in [-0.3, -0.25) is 19.6 Å². The first kappa shape index (κ1) is 20.4. The summed E-state index contributed by atoms with van der Waals surface area (Å²) in [6, 6.07) is 14.8. The zero-order valence-electron chi connectivity index (χ0n) is 17.6. The normalized spacial score (nSPS) is 16.0. The fourth-order valence-electron chi connectivity index (χ4n) is 4.02. The summed E-state index contributed by atoms with van der Waals surface area (Å²) in [6.45, 7) is 0.164. The molecule has 1 unspecified atom stereocenters. The number of pyridine rings is 2. The summed E-state index contributed by atoms with van der Waals surface area (Å²) in [7, 11) is 1.51. The number of para-hydroxylation sites is 1. The number of hydrogen-bond acceptors (Lipinski definition) is 7. The maximum Gasteiger partial charge on any atom is 0.290 e. The number of carbonyl (C=O) groups is 2. The van der Waals surface area contributed by atoms with Crippen molar-refractivity contribution in [2.24, 2.45) is 0 Å². The first-order valence-electron chi connectivity index (χ1n) is 10.2. The third-order valence-corrected chi connectivity index (χ3v) is 5.57. The van der Waals surface area contributed by atoms with Crippen molar-refractivity contribution in [1.29, 1.82) is 0 Å². The van der Waals surface area contributed by atoms with Crippen LogP contribution in [-0.4, -0.2) is 38.8 Å². The minimum atomic E-state index is -0.880. The van der Waals surface area contributed by atoms with Crippen LogP contribution in [0.4, 0.5) is 0 Å². The van der Waals surface area contributed by atoms with Crippen LogP contribution in [0.2, 0.25) is 0 Å². The topological polar surface area (TPSA) is 106 Å². The van der Waals surface area contributed by atoms with Gasteiger partial charge in [0.1, 0.15) is 6.04 Å². The van der Waals surface area contributed by atoms with E-state index in [-0.39, 0.29) is 17.9 Å². The SMILES string of the molecule is COc1cccc2cc(C(=O)C3=C(O)C(=O)N(Cc4ccncc4)C3c3ccccn3)oc12. The predicted octanol–water partition coefficient (Wildman–Crippen LogP) is 4.01. The first-order chi connectivity index (χ1) is 16.1. The third kappa shape index (κ3) is 3.51. The molecule has 0 spiro atoms. The van der Waals surface area contributed by atoms with Crippen molar-refractivity contribution in [3.8, 4) is 5.75 Å². The van der Waals surface area contributed by atoms with Crippen molar-refractivity contribution in [2.45, 2.75) is 12.6 Å². The third-order valence-electron chi connectivity index (χ3n) is 5.57. The van der Waals surface area contributed by atoms with Crippen LogP contribution in [0, 0.1) is 0 Å². The Morgan fingerprint density at radius 3 is 2.67 bits per heavy atom. The summed E-state index contributed by atoms with van der Waals surface area (Å²) in [5.74, 6) is -1.38. The molecular weight excluding hydrogens is 422 g/mol. The smallest absolute Gasteiger partial charge is 0.290 e. The van der Waals surface area contributed by atoms with Gasteiger partial charge in [-0.25, -0.2) is 0 Å². The summed E-state index contributed by atoms with van der Waals surface area (Å²) in [4.78, 5) is 36.4. The van der Waals surface area contributed by atoms with Gasteiger partial charge in [0, 0.05) is 30.5 Å². The summed E-state index contributed by atoms with van der Waals surface area (Å²) < 4.78 is 11.1. The van der Waals surface area contributed by atoms with Crippen molar-refractivity contribution >= 4 is 22.7 Å². The lowest BCUT2D eigenvalue weighted by Gasteiger charge is -2.25. The fourth-order valence-corrected chi connectivity index (χ4v) is 4.02. The quantitative estimate of drug-likeness (QED) is 0.451. The Balaban J connectivity index is 1.60. The highest BCUT2D eigenvalue weighted by molar-refractivity contribution is 6.16. The zero-order chi connectivity index (χ0) is 22.9. The van der Waals surface area contributed by atoms with E-state index < -0.39 is 23.5 Å². The number of fused-ring (bicyclic) bond motifs is 1. The molecule has 1 N–H and O–H groups in total. The number of carbonyl (C=O) groups excluding carboxylic acids is 2. The molecule has 1 aromatic carbocycles. The second kappa shape index (κ2) is 8.23. The number of ether oxygens (including phenoxy) is 1. The summed E-state index contributed by atoms with van der Waals surface area (Å²) in [5, 5.41) is 11.5. The van der Waals surface area contributed by atoms with E-state index in [1.807, 2.05) is 0 Å². The number of methoxy groups -OCH3 is 1. The molecule has 0 fully saturated rings. The molecule has 1 aliphatic rings. The van der Waals surface area contributed by atoms with Gasteiger partial charge < -0.3 is 19.2 Å². The summed E-state index contributed by atoms with van der Waals surface area (Å²) in [5.41, 5.74) is 1.59. The van der Waals surface area contributed by atoms with E-state index in [9.17, 15) is 14.7 Å². The van der Waals surface area contributed by atoms with Crippen LogP contribution in [0.1, 0.15) is 27.9 Å². The Hall–Kier alpha value is -4.46. The first-order valence-corrected chi connectivity index (χ1v) is 10.2. The molecule has 8 nitrogen and oxygen atoms in total. The van der Waals surface area contributed by atoms with Crippen molar-refractivity contribution in [2.75, 3.05) is 7.11 Å². The van der Waals surface area contributed by atoms with E-state index in [0.29, 0.717) is 22.4 Å². The number of benzene rings is 1. The van der Waals surface area contributed by atoms with Gasteiger partial charge in [-0.05, 0) is 42.0 Å². The molecule has 33 heavy (non-hydrogen) atoms. The van der Waals surface area contributed by atoms with Gasteiger partial charge in [-0.1, -0.05) is 18.2 Å². The molecule has 4 heterocycles. The Bertz CT molecular complexity index is 1380. The molecule has 3 aromatic heterocycles. The molecule has 0 aliphatic carbocycles. The Morgan fingerprint density at radius 2 is 1.94 bits per heavy atom. The van der Waals surface area contributed by atoms with Gasteiger partial charge in [-0.2, -0.15) is 0 Å². The maximum atomic E-state index is 13.6. The molecule has 8 heteroatoms. The van der Waals surface area contributed by atoms with Gasteiger partial charge in [0.25, 0.3) is 5.91 Å². The lowest BCUT2D eigenvalue weighted by molar-refractivity contribution is -0.130. The standard InChI is InChI=1S/C25H19N3O5/c1-32-18-7-4-5-16-13-19(33-24(16)18)22(29)20-21(17-6-2-3-10-27-17)28(25(31)23(20)30)14-15-8-11-26-12-9-15/h2-13,21,30H,14H2,1H3. The number of Topliss-reactive ketones (excluding diaryl/α,β-unsaturated/α-hetero) is 1. The molecule has 164 valence electrons. The second-order valence-electron chi connectivity index (χ2n) is 7.53. The van der Waals surface area contributed by atoms with Crippen LogP contribution in [0.15, 0.2) is 88.9 Å². The van der Waals surface area contributed by atoms with Crippen molar-refractivity contribution in [3.63, 3.8) is 0 Å². The number of aromatic nitrogens is 2. The van der Waals surface area contributed by atoms with Crippen LogP contribution in [-0.2, 0) is 11.3 Å². The number of aliphatic hydroxyl groups excluding tert-OH is 1. The highest BCUT2D eigenvalue weighted by Crippen LogP contribution is 2.40. The van der Waals surface area contributed by atoms with E-state index in [4.69, 9.17) is 9.15 Å². The highest BCUT2D eigenvalue weighted by atomic mass is 16.5. The van der Waals surface area contributed by atoms with Crippen LogP contribution in [0.3, 0.4) is 0 Å². The molecule has 1 atom stereocenters.